The van der Waals surface area contributed by atoms with Gasteiger partial charge in [0, 0.05) is 0 Å². The average Bonchev–Trinajstić information content (AvgIpc) is 2.86. The van der Waals surface area contributed by atoms with Gasteiger partial charge >= 0.3 is 0 Å². The van der Waals surface area contributed by atoms with Crippen LogP contribution in [0.5, 0.6) is 0 Å². The molecule has 4 rings (SSSR count). The van der Waals surface area contributed by atoms with Gasteiger partial charge < -0.3 is 15.6 Å². The van der Waals surface area contributed by atoms with Gasteiger partial charge in [0.1, 0.15) is 5.60 Å². The molecule has 3 N–H and O–H groups in total. The van der Waals surface area contributed by atoms with Crippen molar-refractivity contribution in [1.82, 2.24) is 0 Å². The first-order valence-electron chi connectivity index (χ1n) is 10.5. The molecule has 2 atom stereocenters. The molecule has 0 aromatic heterocycles. The molecule has 0 heterocycles. The Balaban J connectivity index is 1.75. The second-order valence-electron chi connectivity index (χ2n) is 7.59. The van der Waals surface area contributed by atoms with E-state index < -0.39 is 17.7 Å². The lowest BCUT2D eigenvalue weighted by Crippen LogP contribution is -2.38. The molecule has 0 aliphatic heterocycles. The van der Waals surface area contributed by atoms with Crippen molar-refractivity contribution in [3.63, 3.8) is 0 Å². The zero-order chi connectivity index (χ0) is 21.5. The van der Waals surface area contributed by atoms with Crippen molar-refractivity contribution < 1.29 is 9.84 Å². The Morgan fingerprint density at radius 2 is 0.968 bits per heavy atom. The minimum Gasteiger partial charge on any atom is -0.389 e. The number of hydrogen-bond acceptors (Lipinski definition) is 3. The molecule has 0 bridgehead atoms. The molecule has 31 heavy (non-hydrogen) atoms. The minimum atomic E-state index is -0.874. The van der Waals surface area contributed by atoms with Gasteiger partial charge in [0.25, 0.3) is 0 Å². The monoisotopic (exact) mass is 409 g/mol. The van der Waals surface area contributed by atoms with Crippen LogP contribution in [-0.4, -0.2) is 17.8 Å². The number of aliphatic hydroxyl groups excluding tert-OH is 1. The van der Waals surface area contributed by atoms with Gasteiger partial charge in [-0.2, -0.15) is 0 Å². The summed E-state index contributed by atoms with van der Waals surface area (Å²) in [6.07, 6.45) is -0.863. The summed E-state index contributed by atoms with van der Waals surface area (Å²) in [5.41, 5.74) is 9.34. The fourth-order valence-electron chi connectivity index (χ4n) is 3.98. The first kappa shape index (κ1) is 21.0. The standard InChI is InChI=1S/C28H27NO2/c29-27(22-13-5-1-6-14-22)26(30)21-31-28(23-15-7-2-8-16-23,24-17-9-3-10-18-24)25-19-11-4-12-20-25/h1-20,26-27,30H,21,29H2/t26-,27+/m0/s1. The first-order chi connectivity index (χ1) is 15.2. The number of nitrogens with two attached hydrogens (primary N) is 1. The summed E-state index contributed by atoms with van der Waals surface area (Å²) in [5, 5.41) is 10.9. The highest BCUT2D eigenvalue weighted by Crippen LogP contribution is 2.40. The molecule has 4 aromatic rings. The molecule has 3 nitrogen and oxygen atoms in total. The molecule has 0 aliphatic rings. The van der Waals surface area contributed by atoms with E-state index in [4.69, 9.17) is 10.5 Å². The largest absolute Gasteiger partial charge is 0.389 e. The van der Waals surface area contributed by atoms with Gasteiger partial charge in [-0.25, -0.2) is 0 Å². The van der Waals surface area contributed by atoms with Crippen LogP contribution in [0.25, 0.3) is 0 Å². The van der Waals surface area contributed by atoms with Gasteiger partial charge in [-0.05, 0) is 22.3 Å². The quantitative estimate of drug-likeness (QED) is 0.400. The zero-order valence-electron chi connectivity index (χ0n) is 17.3. The molecule has 0 radical (unpaired) electrons. The number of aliphatic hydroxyl groups is 1. The summed E-state index contributed by atoms with van der Waals surface area (Å²) < 4.78 is 6.66. The van der Waals surface area contributed by atoms with Gasteiger partial charge in [-0.1, -0.05) is 121 Å². The fourth-order valence-corrected chi connectivity index (χ4v) is 3.98. The highest BCUT2D eigenvalue weighted by Gasteiger charge is 2.38. The highest BCUT2D eigenvalue weighted by atomic mass is 16.5. The maximum atomic E-state index is 10.9. The Kier molecular flexibility index (Phi) is 6.58. The number of rotatable bonds is 8. The van der Waals surface area contributed by atoms with E-state index in [9.17, 15) is 5.11 Å². The van der Waals surface area contributed by atoms with Gasteiger partial charge in [0.15, 0.2) is 0 Å². The van der Waals surface area contributed by atoms with Crippen LogP contribution in [0.4, 0.5) is 0 Å². The molecule has 3 heteroatoms. The maximum Gasteiger partial charge on any atom is 0.143 e. The van der Waals surface area contributed by atoms with Gasteiger partial charge in [-0.15, -0.1) is 0 Å². The first-order valence-corrected chi connectivity index (χ1v) is 10.5. The van der Waals surface area contributed by atoms with Crippen LogP contribution in [-0.2, 0) is 10.3 Å². The second kappa shape index (κ2) is 9.71. The predicted octanol–water partition coefficient (Wildman–Crippen LogP) is 5.06. The van der Waals surface area contributed by atoms with E-state index in [1.807, 2.05) is 84.9 Å². The lowest BCUT2D eigenvalue weighted by Gasteiger charge is -2.37. The summed E-state index contributed by atoms with van der Waals surface area (Å²) in [6, 6.07) is 39.4. The third-order valence-electron chi connectivity index (χ3n) is 5.61. The topological polar surface area (TPSA) is 55.5 Å². The third kappa shape index (κ3) is 4.44. The molecule has 0 saturated heterocycles. The minimum absolute atomic E-state index is 0.0781. The third-order valence-corrected chi connectivity index (χ3v) is 5.61. The molecule has 4 aromatic carbocycles. The van der Waals surface area contributed by atoms with Crippen molar-refractivity contribution >= 4 is 0 Å². The summed E-state index contributed by atoms with van der Waals surface area (Å²) in [5.74, 6) is 0. The molecule has 0 spiro atoms. The molecule has 0 amide bonds. The van der Waals surface area contributed by atoms with Gasteiger partial charge in [0.2, 0.25) is 0 Å². The van der Waals surface area contributed by atoms with E-state index in [1.54, 1.807) is 0 Å². The number of hydrogen-bond donors (Lipinski definition) is 2. The molecule has 0 unspecified atom stereocenters. The van der Waals surface area contributed by atoms with Crippen LogP contribution in [0.3, 0.4) is 0 Å². The van der Waals surface area contributed by atoms with Crippen molar-refractivity contribution in [2.45, 2.75) is 17.7 Å². The van der Waals surface area contributed by atoms with E-state index in [0.717, 1.165) is 22.3 Å². The lowest BCUT2D eigenvalue weighted by atomic mass is 9.80. The number of ether oxygens (including phenoxy) is 1. The van der Waals surface area contributed by atoms with Crippen molar-refractivity contribution in [2.75, 3.05) is 6.61 Å². The molecular formula is C28H27NO2. The smallest absolute Gasteiger partial charge is 0.143 e. The van der Waals surface area contributed by atoms with E-state index >= 15 is 0 Å². The summed E-state index contributed by atoms with van der Waals surface area (Å²) in [7, 11) is 0. The van der Waals surface area contributed by atoms with Crippen LogP contribution in [0.15, 0.2) is 121 Å². The van der Waals surface area contributed by atoms with E-state index in [-0.39, 0.29) is 6.61 Å². The zero-order valence-corrected chi connectivity index (χ0v) is 17.3. The Hall–Kier alpha value is -3.24. The Bertz CT molecular complexity index is 957. The van der Waals surface area contributed by atoms with Crippen molar-refractivity contribution in [2.24, 2.45) is 5.73 Å². The van der Waals surface area contributed by atoms with Crippen LogP contribution >= 0.6 is 0 Å². The Morgan fingerprint density at radius 1 is 0.613 bits per heavy atom. The predicted molar refractivity (Wildman–Crippen MR) is 125 cm³/mol. The van der Waals surface area contributed by atoms with Gasteiger partial charge in [0.05, 0.1) is 18.8 Å². The van der Waals surface area contributed by atoms with Crippen molar-refractivity contribution in [3.05, 3.63) is 144 Å². The SMILES string of the molecule is N[C@H](c1ccccc1)[C@@H](O)COC(c1ccccc1)(c1ccccc1)c1ccccc1. The maximum absolute atomic E-state index is 10.9. The van der Waals surface area contributed by atoms with Crippen LogP contribution < -0.4 is 5.73 Å². The average molecular weight is 410 g/mol. The van der Waals surface area contributed by atoms with Crippen molar-refractivity contribution in [1.29, 1.82) is 0 Å². The Labute approximate surface area is 183 Å². The number of benzene rings is 4. The van der Waals surface area contributed by atoms with E-state index in [0.29, 0.717) is 0 Å². The fraction of sp³-hybridized carbons (Fsp3) is 0.143. The Morgan fingerprint density at radius 3 is 1.35 bits per heavy atom. The second-order valence-corrected chi connectivity index (χ2v) is 7.59. The normalized spacial score (nSPS) is 13.5. The highest BCUT2D eigenvalue weighted by molar-refractivity contribution is 5.47. The lowest BCUT2D eigenvalue weighted by molar-refractivity contribution is -0.0452. The van der Waals surface area contributed by atoms with Gasteiger partial charge in [-0.3, -0.25) is 0 Å². The van der Waals surface area contributed by atoms with Crippen molar-refractivity contribution in [3.8, 4) is 0 Å². The van der Waals surface area contributed by atoms with Crippen LogP contribution in [0, 0.1) is 0 Å². The molecular weight excluding hydrogens is 382 g/mol. The molecule has 0 fully saturated rings. The molecule has 156 valence electrons. The summed E-state index contributed by atoms with van der Waals surface area (Å²) >= 11 is 0. The van der Waals surface area contributed by atoms with Crippen LogP contribution in [0.2, 0.25) is 0 Å². The molecule has 0 saturated carbocycles. The summed E-state index contributed by atoms with van der Waals surface area (Å²) in [6.45, 7) is 0.0781. The van der Waals surface area contributed by atoms with Crippen LogP contribution in [0.1, 0.15) is 28.3 Å². The van der Waals surface area contributed by atoms with E-state index in [1.165, 1.54) is 0 Å². The summed E-state index contributed by atoms with van der Waals surface area (Å²) in [4.78, 5) is 0. The molecule has 0 aliphatic carbocycles. The van der Waals surface area contributed by atoms with E-state index in [2.05, 4.69) is 36.4 Å².